The molecular weight excluding hydrogens is 373 g/mol. The zero-order valence-corrected chi connectivity index (χ0v) is 15.3. The smallest absolute Gasteiger partial charge is 0.338 e. The molecular formula is C23H16FNO4. The number of carbonyl (C=O) groups is 1. The molecule has 6 heteroatoms. The van der Waals surface area contributed by atoms with E-state index in [4.69, 9.17) is 19.5 Å². The minimum absolute atomic E-state index is 0.152. The molecule has 1 aliphatic rings. The number of hydrogen-bond donors (Lipinski definition) is 0. The average Bonchev–Trinajstić information content (AvgIpc) is 2.77. The summed E-state index contributed by atoms with van der Waals surface area (Å²) in [4.78, 5) is 12.3. The summed E-state index contributed by atoms with van der Waals surface area (Å²) < 4.78 is 31.0. The van der Waals surface area contributed by atoms with Crippen molar-refractivity contribution >= 4 is 5.97 Å². The number of carbonyl (C=O) groups excluding carboxylic acids is 1. The quantitative estimate of drug-likeness (QED) is 0.607. The van der Waals surface area contributed by atoms with Gasteiger partial charge in [-0.05, 0) is 36.4 Å². The van der Waals surface area contributed by atoms with Gasteiger partial charge in [0.25, 0.3) is 0 Å². The highest BCUT2D eigenvalue weighted by molar-refractivity contribution is 5.89. The summed E-state index contributed by atoms with van der Waals surface area (Å²) in [7, 11) is 0. The second-order valence-electron chi connectivity index (χ2n) is 6.49. The third kappa shape index (κ3) is 4.10. The van der Waals surface area contributed by atoms with Gasteiger partial charge >= 0.3 is 5.97 Å². The fourth-order valence-corrected chi connectivity index (χ4v) is 3.07. The van der Waals surface area contributed by atoms with Gasteiger partial charge in [-0.3, -0.25) is 0 Å². The Kier molecular flexibility index (Phi) is 5.23. The fraction of sp³-hybridized carbons (Fsp3) is 0.130. The van der Waals surface area contributed by atoms with E-state index in [1.807, 2.05) is 36.4 Å². The number of benzene rings is 3. The Bertz CT molecular complexity index is 1070. The molecule has 5 nitrogen and oxygen atoms in total. The summed E-state index contributed by atoms with van der Waals surface area (Å²) in [5.41, 5.74) is 2.57. The molecule has 0 saturated carbocycles. The Labute approximate surface area is 166 Å². The van der Waals surface area contributed by atoms with Crippen LogP contribution in [-0.4, -0.2) is 5.97 Å². The van der Waals surface area contributed by atoms with Crippen LogP contribution in [0, 0.1) is 17.1 Å². The van der Waals surface area contributed by atoms with E-state index in [0.717, 1.165) is 5.56 Å². The van der Waals surface area contributed by atoms with Crippen LogP contribution in [0.25, 0.3) is 0 Å². The highest BCUT2D eigenvalue weighted by atomic mass is 19.1. The highest BCUT2D eigenvalue weighted by Crippen LogP contribution is 2.36. The van der Waals surface area contributed by atoms with E-state index in [1.165, 1.54) is 36.4 Å². The highest BCUT2D eigenvalue weighted by Gasteiger charge is 2.25. The van der Waals surface area contributed by atoms with Crippen molar-refractivity contribution in [1.29, 1.82) is 5.26 Å². The molecule has 0 amide bonds. The van der Waals surface area contributed by atoms with Gasteiger partial charge in [0.1, 0.15) is 18.2 Å². The number of fused-ring (bicyclic) bond motifs is 1. The summed E-state index contributed by atoms with van der Waals surface area (Å²) >= 11 is 0. The summed E-state index contributed by atoms with van der Waals surface area (Å²) in [5.74, 6) is -0.572. The van der Waals surface area contributed by atoms with Gasteiger partial charge in [-0.25, -0.2) is 9.18 Å². The van der Waals surface area contributed by atoms with E-state index in [-0.39, 0.29) is 13.2 Å². The maximum Gasteiger partial charge on any atom is 0.338 e. The second-order valence-corrected chi connectivity index (χ2v) is 6.49. The lowest BCUT2D eigenvalue weighted by Gasteiger charge is -2.28. The molecule has 0 aliphatic carbocycles. The van der Waals surface area contributed by atoms with Crippen molar-refractivity contribution < 1.29 is 23.4 Å². The number of hydrogen-bond acceptors (Lipinski definition) is 5. The SMILES string of the molecule is N#Cc1ccc(C(=O)OCc2cc(F)cc3c2O[C@H](c2ccccc2)OC3)cc1. The molecule has 29 heavy (non-hydrogen) atoms. The average molecular weight is 389 g/mol. The lowest BCUT2D eigenvalue weighted by Crippen LogP contribution is -2.20. The van der Waals surface area contributed by atoms with Crippen LogP contribution in [0.4, 0.5) is 4.39 Å². The number of ether oxygens (including phenoxy) is 3. The Morgan fingerprint density at radius 2 is 1.90 bits per heavy atom. The molecule has 1 heterocycles. The summed E-state index contributed by atoms with van der Waals surface area (Å²) in [6.45, 7) is 0.0314. The van der Waals surface area contributed by atoms with Crippen molar-refractivity contribution in [2.24, 2.45) is 0 Å². The maximum absolute atomic E-state index is 14.0. The predicted octanol–water partition coefficient (Wildman–Crippen LogP) is 4.66. The molecule has 0 radical (unpaired) electrons. The molecule has 1 aliphatic heterocycles. The van der Waals surface area contributed by atoms with Crippen molar-refractivity contribution in [3.63, 3.8) is 0 Å². The monoisotopic (exact) mass is 389 g/mol. The Morgan fingerprint density at radius 1 is 1.14 bits per heavy atom. The predicted molar refractivity (Wildman–Crippen MR) is 101 cm³/mol. The Hall–Kier alpha value is -3.69. The molecule has 3 aromatic carbocycles. The number of halogens is 1. The van der Waals surface area contributed by atoms with Crippen molar-refractivity contribution in [3.8, 4) is 11.8 Å². The summed E-state index contributed by atoms with van der Waals surface area (Å²) in [6.07, 6.45) is -0.623. The van der Waals surface area contributed by atoms with Crippen LogP contribution in [0.15, 0.2) is 66.7 Å². The van der Waals surface area contributed by atoms with Crippen LogP contribution >= 0.6 is 0 Å². The van der Waals surface area contributed by atoms with Crippen molar-refractivity contribution in [1.82, 2.24) is 0 Å². The van der Waals surface area contributed by atoms with Crippen LogP contribution < -0.4 is 4.74 Å². The first-order valence-electron chi connectivity index (χ1n) is 8.96. The van der Waals surface area contributed by atoms with Gasteiger partial charge in [-0.1, -0.05) is 30.3 Å². The summed E-state index contributed by atoms with van der Waals surface area (Å²) in [5, 5.41) is 8.84. The molecule has 0 fully saturated rings. The van der Waals surface area contributed by atoms with Crippen LogP contribution in [0.5, 0.6) is 5.75 Å². The zero-order chi connectivity index (χ0) is 20.2. The molecule has 0 saturated heterocycles. The molecule has 0 unspecified atom stereocenters. The van der Waals surface area contributed by atoms with Gasteiger partial charge in [-0.2, -0.15) is 5.26 Å². The van der Waals surface area contributed by atoms with E-state index in [2.05, 4.69) is 0 Å². The van der Waals surface area contributed by atoms with Gasteiger partial charge in [-0.15, -0.1) is 0 Å². The van der Waals surface area contributed by atoms with Gasteiger partial charge in [0.2, 0.25) is 6.29 Å². The zero-order valence-electron chi connectivity index (χ0n) is 15.3. The molecule has 1 atom stereocenters. The first kappa shape index (κ1) is 18.7. The lowest BCUT2D eigenvalue weighted by atomic mass is 10.1. The van der Waals surface area contributed by atoms with Crippen molar-refractivity contribution in [2.75, 3.05) is 0 Å². The van der Waals surface area contributed by atoms with E-state index in [9.17, 15) is 9.18 Å². The first-order chi connectivity index (χ1) is 14.1. The van der Waals surface area contributed by atoms with Crippen LogP contribution in [0.1, 0.15) is 38.9 Å². The molecule has 0 spiro atoms. The fourth-order valence-electron chi connectivity index (χ4n) is 3.07. The standard InChI is InChI=1S/C23H16FNO4/c24-20-10-18(13-27-22(26)16-8-6-15(12-25)7-9-16)21-19(11-20)14-28-23(29-21)17-4-2-1-3-5-17/h1-11,23H,13-14H2/t23-/m1/s1. The number of nitriles is 1. The number of nitrogens with zero attached hydrogens (tertiary/aromatic N) is 1. The third-order valence-corrected chi connectivity index (χ3v) is 4.50. The Morgan fingerprint density at radius 3 is 2.62 bits per heavy atom. The van der Waals surface area contributed by atoms with Crippen LogP contribution in [-0.2, 0) is 22.7 Å². The van der Waals surface area contributed by atoms with Gasteiger partial charge in [0.05, 0.1) is 23.8 Å². The normalized spacial score (nSPS) is 15.0. The van der Waals surface area contributed by atoms with Crippen molar-refractivity contribution in [2.45, 2.75) is 19.5 Å². The van der Waals surface area contributed by atoms with E-state index in [1.54, 1.807) is 0 Å². The molecule has 144 valence electrons. The molecule has 0 N–H and O–H groups in total. The topological polar surface area (TPSA) is 68.6 Å². The Balaban J connectivity index is 1.53. The minimum Gasteiger partial charge on any atom is -0.460 e. The third-order valence-electron chi connectivity index (χ3n) is 4.50. The minimum atomic E-state index is -0.623. The molecule has 0 aromatic heterocycles. The maximum atomic E-state index is 14.0. The second kappa shape index (κ2) is 8.13. The van der Waals surface area contributed by atoms with E-state index in [0.29, 0.717) is 28.0 Å². The van der Waals surface area contributed by atoms with E-state index >= 15 is 0 Å². The van der Waals surface area contributed by atoms with Crippen LogP contribution in [0.2, 0.25) is 0 Å². The molecule has 4 rings (SSSR count). The number of rotatable bonds is 4. The largest absolute Gasteiger partial charge is 0.460 e. The molecule has 0 bridgehead atoms. The van der Waals surface area contributed by atoms with Gasteiger partial charge in [0, 0.05) is 16.7 Å². The first-order valence-corrected chi connectivity index (χ1v) is 8.96. The van der Waals surface area contributed by atoms with Gasteiger partial charge in [0.15, 0.2) is 0 Å². The van der Waals surface area contributed by atoms with Crippen molar-refractivity contribution in [3.05, 3.63) is 100 Å². The summed E-state index contributed by atoms with van der Waals surface area (Å²) in [6, 6.07) is 20.1. The van der Waals surface area contributed by atoms with E-state index < -0.39 is 18.1 Å². The number of esters is 1. The molecule has 3 aromatic rings. The van der Waals surface area contributed by atoms with Crippen LogP contribution in [0.3, 0.4) is 0 Å². The lowest BCUT2D eigenvalue weighted by molar-refractivity contribution is -0.112. The van der Waals surface area contributed by atoms with Gasteiger partial charge < -0.3 is 14.2 Å².